The molecule has 36 heavy (non-hydrogen) atoms. The maximum atomic E-state index is 14.3. The molecule has 0 radical (unpaired) electrons. The number of Topliss-reactive ketones (excluding diaryl/α,β-unsaturated/α-hetero) is 1. The van der Waals surface area contributed by atoms with Crippen LogP contribution < -0.4 is 4.90 Å². The Kier molecular flexibility index (Phi) is 5.42. The first-order valence-electron chi connectivity index (χ1n) is 11.6. The summed E-state index contributed by atoms with van der Waals surface area (Å²) in [5.74, 6) is -1.04. The highest BCUT2D eigenvalue weighted by Gasteiger charge is 2.63. The number of hydrogen-bond acceptors (Lipinski definition) is 6. The van der Waals surface area contributed by atoms with Gasteiger partial charge in [0.1, 0.15) is 6.04 Å². The van der Waals surface area contributed by atoms with Crippen molar-refractivity contribution in [2.75, 3.05) is 4.90 Å². The number of ketones is 1. The fraction of sp³-hybridized carbons (Fsp3) is 0.207. The van der Waals surface area contributed by atoms with Gasteiger partial charge in [0.15, 0.2) is 11.2 Å². The van der Waals surface area contributed by atoms with Gasteiger partial charge in [0, 0.05) is 29.3 Å². The molecule has 1 saturated heterocycles. The van der Waals surface area contributed by atoms with Crippen LogP contribution in [-0.2, 0) is 0 Å². The zero-order valence-electron chi connectivity index (χ0n) is 19.8. The quantitative estimate of drug-likeness (QED) is 0.281. The summed E-state index contributed by atoms with van der Waals surface area (Å²) >= 11 is 0. The molecule has 3 unspecified atom stereocenters. The van der Waals surface area contributed by atoms with Crippen molar-refractivity contribution in [3.05, 3.63) is 111 Å². The molecule has 0 spiro atoms. The number of carbonyl (C=O) groups is 1. The van der Waals surface area contributed by atoms with Crippen molar-refractivity contribution in [3.8, 4) is 12.1 Å². The van der Waals surface area contributed by atoms with Crippen LogP contribution in [0.2, 0.25) is 0 Å². The zero-order chi connectivity index (χ0) is 25.6. The van der Waals surface area contributed by atoms with Crippen LogP contribution in [0.1, 0.15) is 38.5 Å². The Bertz CT molecular complexity index is 1500. The average molecular weight is 475 g/mol. The number of fused-ring (bicyclic) bond motifs is 3. The number of non-ortho nitro benzene ring substituents is 1. The summed E-state index contributed by atoms with van der Waals surface area (Å²) < 4.78 is 0. The maximum Gasteiger partial charge on any atom is 0.269 e. The average Bonchev–Trinajstić information content (AvgIpc) is 3.19. The summed E-state index contributed by atoms with van der Waals surface area (Å²) in [5, 5.41) is 32.2. The van der Waals surface area contributed by atoms with Crippen LogP contribution in [0, 0.1) is 52.0 Å². The number of nitro benzene ring substituents is 1. The number of aryl methyl sites for hydroxylation is 2. The molecule has 0 amide bonds. The van der Waals surface area contributed by atoms with Gasteiger partial charge in [-0.05, 0) is 36.6 Å². The van der Waals surface area contributed by atoms with E-state index in [4.69, 9.17) is 0 Å². The third kappa shape index (κ3) is 3.29. The summed E-state index contributed by atoms with van der Waals surface area (Å²) in [6, 6.07) is 22.0. The van der Waals surface area contributed by atoms with Crippen molar-refractivity contribution < 1.29 is 9.72 Å². The summed E-state index contributed by atoms with van der Waals surface area (Å²) in [4.78, 5) is 27.0. The van der Waals surface area contributed by atoms with Crippen LogP contribution in [0.25, 0.3) is 6.08 Å². The Morgan fingerprint density at radius 1 is 1.03 bits per heavy atom. The van der Waals surface area contributed by atoms with E-state index in [9.17, 15) is 25.4 Å². The Hall–Kier alpha value is -4.75. The number of anilines is 1. The van der Waals surface area contributed by atoms with Gasteiger partial charge in [0.05, 0.1) is 23.1 Å². The molecule has 0 aromatic heterocycles. The largest absolute Gasteiger partial charge is 0.351 e. The third-order valence-corrected chi connectivity index (χ3v) is 7.29. The third-order valence-electron chi connectivity index (χ3n) is 7.29. The molecular weight excluding hydrogens is 452 g/mol. The van der Waals surface area contributed by atoms with Crippen LogP contribution in [0.15, 0.2) is 72.8 Å². The second-order valence-corrected chi connectivity index (χ2v) is 9.32. The molecular formula is C29H22N4O3. The van der Waals surface area contributed by atoms with Gasteiger partial charge >= 0.3 is 0 Å². The first-order valence-corrected chi connectivity index (χ1v) is 11.6. The first kappa shape index (κ1) is 23.0. The molecule has 0 bridgehead atoms. The SMILES string of the molecule is Cc1ccc(C(=O)C2C(c3ccc([N+](=O)[O-])cc3)C(C#N)(C#N)C3C=Cc4ccccc4N23)c(C)c1. The highest BCUT2D eigenvalue weighted by molar-refractivity contribution is 6.05. The van der Waals surface area contributed by atoms with Gasteiger partial charge in [0.25, 0.3) is 5.69 Å². The highest BCUT2D eigenvalue weighted by Crippen LogP contribution is 2.55. The van der Waals surface area contributed by atoms with Crippen molar-refractivity contribution in [3.63, 3.8) is 0 Å². The van der Waals surface area contributed by atoms with Crippen LogP contribution in [0.5, 0.6) is 0 Å². The number of benzene rings is 3. The monoisotopic (exact) mass is 474 g/mol. The summed E-state index contributed by atoms with van der Waals surface area (Å²) in [6.45, 7) is 3.83. The molecule has 7 heteroatoms. The van der Waals surface area contributed by atoms with Gasteiger partial charge in [-0.2, -0.15) is 10.5 Å². The lowest BCUT2D eigenvalue weighted by Gasteiger charge is -2.35. The number of hydrogen-bond donors (Lipinski definition) is 0. The van der Waals surface area contributed by atoms with Gasteiger partial charge < -0.3 is 4.90 Å². The fourth-order valence-corrected chi connectivity index (χ4v) is 5.66. The smallest absolute Gasteiger partial charge is 0.269 e. The fourth-order valence-electron chi connectivity index (χ4n) is 5.66. The highest BCUT2D eigenvalue weighted by atomic mass is 16.6. The number of para-hydroxylation sites is 1. The van der Waals surface area contributed by atoms with Crippen LogP contribution >= 0.6 is 0 Å². The number of nitriles is 2. The molecule has 5 rings (SSSR count). The van der Waals surface area contributed by atoms with E-state index in [-0.39, 0.29) is 11.5 Å². The van der Waals surface area contributed by atoms with Crippen LogP contribution in [-0.4, -0.2) is 22.8 Å². The van der Waals surface area contributed by atoms with E-state index in [1.165, 1.54) is 12.1 Å². The molecule has 3 aromatic carbocycles. The lowest BCUT2D eigenvalue weighted by atomic mass is 9.69. The van der Waals surface area contributed by atoms with Crippen molar-refractivity contribution >= 4 is 23.2 Å². The van der Waals surface area contributed by atoms with Gasteiger partial charge in [0.2, 0.25) is 0 Å². The van der Waals surface area contributed by atoms with Gasteiger partial charge in [-0.1, -0.05) is 66.2 Å². The van der Waals surface area contributed by atoms with E-state index in [1.807, 2.05) is 67.3 Å². The van der Waals surface area contributed by atoms with E-state index >= 15 is 0 Å². The standard InChI is InChI=1S/C29H22N4O3/c1-18-7-13-23(19(2)15-18)28(34)27-26(21-8-11-22(12-9-21)33(35)36)29(16-30,17-31)25-14-10-20-5-3-4-6-24(20)32(25)27/h3-15,25-27H,1-2H3. The number of carbonyl (C=O) groups excluding carboxylic acids is 1. The molecule has 3 atom stereocenters. The second kappa shape index (κ2) is 8.48. The topological polar surface area (TPSA) is 111 Å². The molecule has 2 aliphatic heterocycles. The summed E-state index contributed by atoms with van der Waals surface area (Å²) in [7, 11) is 0. The van der Waals surface area contributed by atoms with E-state index < -0.39 is 28.3 Å². The van der Waals surface area contributed by atoms with E-state index in [2.05, 4.69) is 12.1 Å². The normalized spacial score (nSPS) is 21.1. The van der Waals surface area contributed by atoms with Crippen molar-refractivity contribution in [2.45, 2.75) is 31.8 Å². The van der Waals surface area contributed by atoms with Crippen LogP contribution in [0.4, 0.5) is 11.4 Å². The Labute approximate surface area is 208 Å². The van der Waals surface area contributed by atoms with Crippen molar-refractivity contribution in [1.29, 1.82) is 10.5 Å². The summed E-state index contributed by atoms with van der Waals surface area (Å²) in [5.41, 5.74) is 2.85. The minimum atomic E-state index is -1.60. The van der Waals surface area contributed by atoms with E-state index in [0.29, 0.717) is 11.1 Å². The maximum absolute atomic E-state index is 14.3. The molecule has 2 heterocycles. The van der Waals surface area contributed by atoms with Crippen LogP contribution in [0.3, 0.4) is 0 Å². The molecule has 3 aromatic rings. The van der Waals surface area contributed by atoms with Gasteiger partial charge in [-0.3, -0.25) is 14.9 Å². The lowest BCUT2D eigenvalue weighted by molar-refractivity contribution is -0.384. The molecule has 1 fully saturated rings. The van der Waals surface area contributed by atoms with Crippen molar-refractivity contribution in [2.24, 2.45) is 5.41 Å². The minimum Gasteiger partial charge on any atom is -0.351 e. The lowest BCUT2D eigenvalue weighted by Crippen LogP contribution is -2.44. The second-order valence-electron chi connectivity index (χ2n) is 9.32. The number of nitrogens with zero attached hydrogens (tertiary/aromatic N) is 4. The molecule has 7 nitrogen and oxygen atoms in total. The minimum absolute atomic E-state index is 0.100. The van der Waals surface area contributed by atoms with Crippen molar-refractivity contribution in [1.82, 2.24) is 0 Å². The Morgan fingerprint density at radius 3 is 2.36 bits per heavy atom. The number of rotatable bonds is 4. The number of nitro groups is 1. The summed E-state index contributed by atoms with van der Waals surface area (Å²) in [6.07, 6.45) is 3.71. The molecule has 176 valence electrons. The molecule has 0 aliphatic carbocycles. The van der Waals surface area contributed by atoms with Gasteiger partial charge in [-0.25, -0.2) is 0 Å². The van der Waals surface area contributed by atoms with Gasteiger partial charge in [-0.15, -0.1) is 0 Å². The zero-order valence-corrected chi connectivity index (χ0v) is 19.8. The predicted octanol–water partition coefficient (Wildman–Crippen LogP) is 5.50. The van der Waals surface area contributed by atoms with E-state index in [0.717, 1.165) is 22.4 Å². The van der Waals surface area contributed by atoms with E-state index in [1.54, 1.807) is 18.2 Å². The Balaban J connectivity index is 1.78. The predicted molar refractivity (Wildman–Crippen MR) is 135 cm³/mol. The Morgan fingerprint density at radius 2 is 1.72 bits per heavy atom. The first-order chi connectivity index (χ1) is 17.3. The molecule has 0 saturated carbocycles. The molecule has 0 N–H and O–H groups in total. The molecule has 2 aliphatic rings.